The van der Waals surface area contributed by atoms with Gasteiger partial charge in [0.2, 0.25) is 11.8 Å². The predicted octanol–water partition coefficient (Wildman–Crippen LogP) is 3.18. The summed E-state index contributed by atoms with van der Waals surface area (Å²) >= 11 is 1.48. The second-order valence-corrected chi connectivity index (χ2v) is 7.48. The van der Waals surface area contributed by atoms with Crippen LogP contribution in [-0.4, -0.2) is 23.1 Å². The molecule has 0 aromatic heterocycles. The molecule has 1 fully saturated rings. The first kappa shape index (κ1) is 15.4. The van der Waals surface area contributed by atoms with Crippen LogP contribution in [0.1, 0.15) is 39.0 Å². The molecule has 1 aromatic carbocycles. The molecule has 2 N–H and O–H groups in total. The molecular formula is C17H22N2O2S. The van der Waals surface area contributed by atoms with Gasteiger partial charge in [-0.05, 0) is 30.9 Å². The molecule has 1 aliphatic carbocycles. The number of nitrogens with one attached hydrogen (secondary N) is 2. The smallest absolute Gasteiger partial charge is 0.238 e. The molecule has 22 heavy (non-hydrogen) atoms. The summed E-state index contributed by atoms with van der Waals surface area (Å²) in [4.78, 5) is 25.4. The largest absolute Gasteiger partial charge is 0.353 e. The van der Waals surface area contributed by atoms with Crippen LogP contribution in [-0.2, 0) is 9.59 Å². The van der Waals surface area contributed by atoms with E-state index in [4.69, 9.17) is 0 Å². The molecule has 1 aromatic rings. The van der Waals surface area contributed by atoms with E-state index in [2.05, 4.69) is 17.6 Å². The Kier molecular flexibility index (Phi) is 4.71. The van der Waals surface area contributed by atoms with E-state index >= 15 is 0 Å². The molecule has 5 heteroatoms. The lowest BCUT2D eigenvalue weighted by Gasteiger charge is -2.30. The monoisotopic (exact) mass is 318 g/mol. The summed E-state index contributed by atoms with van der Waals surface area (Å²) in [5, 5.41) is 5.68. The standard InChI is InChI=1S/C17H22N2O2S/c1-11-6-2-3-7-12(11)18-16(20)10-15-17(21)19-13-8-4-5-9-14(13)22-15/h4-5,8-9,11-12,15H,2-3,6-7,10H2,1H3,(H,18,20)(H,19,21). The molecule has 0 bridgehead atoms. The number of thioether (sulfide) groups is 1. The molecule has 0 spiro atoms. The summed E-state index contributed by atoms with van der Waals surface area (Å²) in [5.41, 5.74) is 0.843. The number of anilines is 1. The third-order valence-corrected chi connectivity index (χ3v) is 5.81. The first-order valence-corrected chi connectivity index (χ1v) is 8.87. The van der Waals surface area contributed by atoms with Crippen LogP contribution in [0.4, 0.5) is 5.69 Å². The summed E-state index contributed by atoms with van der Waals surface area (Å²) < 4.78 is 0. The van der Waals surface area contributed by atoms with E-state index in [0.717, 1.165) is 17.0 Å². The van der Waals surface area contributed by atoms with Crippen LogP contribution in [0.5, 0.6) is 0 Å². The van der Waals surface area contributed by atoms with E-state index in [1.165, 1.54) is 31.0 Å². The molecule has 0 radical (unpaired) electrons. The Morgan fingerprint density at radius 3 is 2.91 bits per heavy atom. The van der Waals surface area contributed by atoms with Crippen LogP contribution >= 0.6 is 11.8 Å². The quantitative estimate of drug-likeness (QED) is 0.900. The first-order chi connectivity index (χ1) is 10.6. The molecule has 4 nitrogen and oxygen atoms in total. The highest BCUT2D eigenvalue weighted by atomic mass is 32.2. The lowest BCUT2D eigenvalue weighted by molar-refractivity contribution is -0.125. The van der Waals surface area contributed by atoms with Crippen LogP contribution in [0.2, 0.25) is 0 Å². The number of hydrogen-bond acceptors (Lipinski definition) is 3. The van der Waals surface area contributed by atoms with Crippen molar-refractivity contribution in [3.63, 3.8) is 0 Å². The molecule has 3 rings (SSSR count). The zero-order valence-corrected chi connectivity index (χ0v) is 13.6. The van der Waals surface area contributed by atoms with Gasteiger partial charge in [0.15, 0.2) is 0 Å². The highest BCUT2D eigenvalue weighted by molar-refractivity contribution is 8.01. The normalized spacial score (nSPS) is 27.7. The van der Waals surface area contributed by atoms with Gasteiger partial charge in [-0.25, -0.2) is 0 Å². The molecule has 0 saturated heterocycles. The van der Waals surface area contributed by atoms with Gasteiger partial charge in [-0.15, -0.1) is 11.8 Å². The molecule has 3 atom stereocenters. The number of fused-ring (bicyclic) bond motifs is 1. The maximum absolute atomic E-state index is 12.3. The molecule has 118 valence electrons. The number of amides is 2. The van der Waals surface area contributed by atoms with Crippen molar-refractivity contribution in [1.82, 2.24) is 5.32 Å². The topological polar surface area (TPSA) is 58.2 Å². The number of benzene rings is 1. The van der Waals surface area contributed by atoms with Gasteiger partial charge in [0.1, 0.15) is 0 Å². The third-order valence-electron chi connectivity index (χ3n) is 4.54. The summed E-state index contributed by atoms with van der Waals surface area (Å²) in [6.07, 6.45) is 4.91. The molecule has 1 aliphatic heterocycles. The number of para-hydroxylation sites is 1. The Balaban J connectivity index is 1.59. The van der Waals surface area contributed by atoms with Crippen molar-refractivity contribution in [2.75, 3.05) is 5.32 Å². The van der Waals surface area contributed by atoms with Gasteiger partial charge >= 0.3 is 0 Å². The van der Waals surface area contributed by atoms with Crippen LogP contribution in [0, 0.1) is 5.92 Å². The summed E-state index contributed by atoms with van der Waals surface area (Å²) in [6.45, 7) is 2.20. The minimum Gasteiger partial charge on any atom is -0.353 e. The average Bonchev–Trinajstić information content (AvgIpc) is 2.50. The number of carbonyl (C=O) groups excluding carboxylic acids is 2. The predicted molar refractivity (Wildman–Crippen MR) is 88.9 cm³/mol. The summed E-state index contributed by atoms with van der Waals surface area (Å²) in [5.74, 6) is 0.451. The number of rotatable bonds is 3. The Hall–Kier alpha value is -1.49. The van der Waals surface area contributed by atoms with Gasteiger partial charge in [-0.2, -0.15) is 0 Å². The Bertz CT molecular complexity index is 576. The maximum Gasteiger partial charge on any atom is 0.238 e. The van der Waals surface area contributed by atoms with Crippen molar-refractivity contribution in [1.29, 1.82) is 0 Å². The van der Waals surface area contributed by atoms with E-state index in [-0.39, 0.29) is 29.5 Å². The molecule has 3 unspecified atom stereocenters. The Labute approximate surface area is 135 Å². The summed E-state index contributed by atoms with van der Waals surface area (Å²) in [7, 11) is 0. The van der Waals surface area contributed by atoms with E-state index in [1.54, 1.807) is 0 Å². The van der Waals surface area contributed by atoms with Gasteiger partial charge < -0.3 is 10.6 Å². The van der Waals surface area contributed by atoms with Crippen molar-refractivity contribution in [2.24, 2.45) is 5.92 Å². The highest BCUT2D eigenvalue weighted by Crippen LogP contribution is 2.36. The molecular weight excluding hydrogens is 296 g/mol. The minimum atomic E-state index is -0.339. The maximum atomic E-state index is 12.3. The summed E-state index contributed by atoms with van der Waals surface area (Å²) in [6, 6.07) is 7.99. The lowest BCUT2D eigenvalue weighted by Crippen LogP contribution is -2.43. The minimum absolute atomic E-state index is 0.00854. The zero-order chi connectivity index (χ0) is 15.5. The fourth-order valence-electron chi connectivity index (χ4n) is 3.19. The second-order valence-electron chi connectivity index (χ2n) is 6.23. The fraction of sp³-hybridized carbons (Fsp3) is 0.529. The number of carbonyl (C=O) groups is 2. The van der Waals surface area contributed by atoms with Crippen molar-refractivity contribution >= 4 is 29.3 Å². The first-order valence-electron chi connectivity index (χ1n) is 7.99. The molecule has 2 amide bonds. The Morgan fingerprint density at radius 2 is 2.09 bits per heavy atom. The van der Waals surface area contributed by atoms with Crippen LogP contribution in [0.25, 0.3) is 0 Å². The number of hydrogen-bond donors (Lipinski definition) is 2. The second kappa shape index (κ2) is 6.73. The fourth-order valence-corrected chi connectivity index (χ4v) is 4.30. The van der Waals surface area contributed by atoms with Gasteiger partial charge in [0.05, 0.1) is 10.9 Å². The van der Waals surface area contributed by atoms with Crippen LogP contribution in [0.3, 0.4) is 0 Å². The zero-order valence-electron chi connectivity index (χ0n) is 12.8. The van der Waals surface area contributed by atoms with Crippen molar-refractivity contribution in [3.8, 4) is 0 Å². The van der Waals surface area contributed by atoms with E-state index in [9.17, 15) is 9.59 Å². The van der Waals surface area contributed by atoms with Crippen molar-refractivity contribution in [3.05, 3.63) is 24.3 Å². The van der Waals surface area contributed by atoms with E-state index in [1.807, 2.05) is 24.3 Å². The molecule has 2 aliphatic rings. The van der Waals surface area contributed by atoms with Gasteiger partial charge in [0.25, 0.3) is 0 Å². The molecule has 1 saturated carbocycles. The van der Waals surface area contributed by atoms with Crippen molar-refractivity contribution in [2.45, 2.75) is 55.2 Å². The van der Waals surface area contributed by atoms with Gasteiger partial charge in [-0.3, -0.25) is 9.59 Å². The molecule has 1 heterocycles. The highest BCUT2D eigenvalue weighted by Gasteiger charge is 2.30. The van der Waals surface area contributed by atoms with Crippen molar-refractivity contribution < 1.29 is 9.59 Å². The van der Waals surface area contributed by atoms with Crippen LogP contribution < -0.4 is 10.6 Å². The third kappa shape index (κ3) is 3.46. The Morgan fingerprint density at radius 1 is 1.32 bits per heavy atom. The average molecular weight is 318 g/mol. The van der Waals surface area contributed by atoms with E-state index in [0.29, 0.717) is 5.92 Å². The lowest BCUT2D eigenvalue weighted by atomic mass is 9.86. The van der Waals surface area contributed by atoms with E-state index < -0.39 is 0 Å². The van der Waals surface area contributed by atoms with Gasteiger partial charge in [0, 0.05) is 17.4 Å². The van der Waals surface area contributed by atoms with Crippen LogP contribution in [0.15, 0.2) is 29.2 Å². The van der Waals surface area contributed by atoms with Gasteiger partial charge in [-0.1, -0.05) is 31.9 Å². The SMILES string of the molecule is CC1CCCCC1NC(=O)CC1Sc2ccccc2NC1=O.